The quantitative estimate of drug-likeness (QED) is 0.394. The average Bonchev–Trinajstić information content (AvgIpc) is 2.30. The van der Waals surface area contributed by atoms with Crippen molar-refractivity contribution in [2.45, 2.75) is 90.0 Å². The van der Waals surface area contributed by atoms with Gasteiger partial charge in [-0.2, -0.15) is 0 Å². The van der Waals surface area contributed by atoms with Gasteiger partial charge in [0.15, 0.2) is 0 Å². The van der Waals surface area contributed by atoms with E-state index in [-0.39, 0.29) is 43.4 Å². The Hall–Kier alpha value is 0.430. The molecule has 0 fully saturated rings. The zero-order valence-electron chi connectivity index (χ0n) is 14.0. The summed E-state index contributed by atoms with van der Waals surface area (Å²) in [6, 6.07) is -0.156. The SMILES string of the molecule is CCCCCCCCCCCCC(N)CC(=O)O.[H-].[Na+]. The van der Waals surface area contributed by atoms with Gasteiger partial charge < -0.3 is 12.3 Å². The molecule has 1 unspecified atom stereocenters. The van der Waals surface area contributed by atoms with Crippen molar-refractivity contribution >= 4 is 5.97 Å². The van der Waals surface area contributed by atoms with Crippen LogP contribution in [0.2, 0.25) is 0 Å². The number of aliphatic carboxylic acids is 1. The van der Waals surface area contributed by atoms with Crippen LogP contribution in [0.1, 0.15) is 85.4 Å². The van der Waals surface area contributed by atoms with E-state index >= 15 is 0 Å². The van der Waals surface area contributed by atoms with Crippen LogP contribution in [0.4, 0.5) is 0 Å². The Morgan fingerprint density at radius 1 is 1.00 bits per heavy atom. The van der Waals surface area contributed by atoms with Crippen molar-refractivity contribution in [3.63, 3.8) is 0 Å². The summed E-state index contributed by atoms with van der Waals surface area (Å²) in [4.78, 5) is 10.4. The molecular formula is C15H32NNaO2. The number of carboxylic acid groups (broad SMARTS) is 1. The Kier molecular flexibility index (Phi) is 18.8. The Morgan fingerprint density at radius 3 is 1.84 bits per heavy atom. The fourth-order valence-corrected chi connectivity index (χ4v) is 2.22. The molecule has 19 heavy (non-hydrogen) atoms. The Labute approximate surface area is 142 Å². The zero-order chi connectivity index (χ0) is 13.6. The molecule has 4 heteroatoms. The zero-order valence-corrected chi connectivity index (χ0v) is 15.0. The topological polar surface area (TPSA) is 63.3 Å². The number of carboxylic acids is 1. The molecule has 0 aromatic carbocycles. The summed E-state index contributed by atoms with van der Waals surface area (Å²) < 4.78 is 0. The van der Waals surface area contributed by atoms with Crippen LogP contribution in [0.3, 0.4) is 0 Å². The molecule has 110 valence electrons. The number of unbranched alkanes of at least 4 members (excludes halogenated alkanes) is 9. The molecule has 0 radical (unpaired) electrons. The summed E-state index contributed by atoms with van der Waals surface area (Å²) >= 11 is 0. The number of hydrogen-bond donors (Lipinski definition) is 2. The third kappa shape index (κ3) is 18.4. The molecule has 0 amide bonds. The standard InChI is InChI=1S/C15H31NO2.Na.H/c1-2-3-4-5-6-7-8-9-10-11-12-14(16)13-15(17)18;;/h14H,2-13,16H2,1H3,(H,17,18);;/q;+1;-1. The van der Waals surface area contributed by atoms with Gasteiger partial charge in [-0.05, 0) is 6.42 Å². The Balaban J connectivity index is -0.00000144. The molecule has 3 nitrogen and oxygen atoms in total. The van der Waals surface area contributed by atoms with Crippen LogP contribution < -0.4 is 35.3 Å². The van der Waals surface area contributed by atoms with Crippen LogP contribution in [0, 0.1) is 0 Å². The number of nitrogens with two attached hydrogens (primary N) is 1. The summed E-state index contributed by atoms with van der Waals surface area (Å²) in [7, 11) is 0. The summed E-state index contributed by atoms with van der Waals surface area (Å²) in [5, 5.41) is 8.57. The number of hydrogen-bond acceptors (Lipinski definition) is 2. The molecule has 0 saturated heterocycles. The minimum atomic E-state index is -0.783. The predicted octanol–water partition coefficient (Wildman–Crippen LogP) is 1.22. The summed E-state index contributed by atoms with van der Waals surface area (Å²) in [5.41, 5.74) is 5.70. The van der Waals surface area contributed by atoms with Crippen LogP contribution in [-0.4, -0.2) is 17.1 Å². The van der Waals surface area contributed by atoms with Crippen LogP contribution in [-0.2, 0) is 4.79 Å². The van der Waals surface area contributed by atoms with Crippen molar-refractivity contribution in [1.29, 1.82) is 0 Å². The molecule has 0 aliphatic carbocycles. The molecule has 0 spiro atoms. The molecule has 0 aliphatic heterocycles. The van der Waals surface area contributed by atoms with E-state index in [1.807, 2.05) is 0 Å². The molecule has 0 saturated carbocycles. The predicted molar refractivity (Wildman–Crippen MR) is 77.8 cm³/mol. The summed E-state index contributed by atoms with van der Waals surface area (Å²) in [5.74, 6) is -0.783. The Bertz CT molecular complexity index is 206. The van der Waals surface area contributed by atoms with E-state index in [0.29, 0.717) is 0 Å². The van der Waals surface area contributed by atoms with E-state index in [0.717, 1.165) is 12.8 Å². The molecule has 0 aliphatic rings. The van der Waals surface area contributed by atoms with Crippen LogP contribution in [0.5, 0.6) is 0 Å². The van der Waals surface area contributed by atoms with Gasteiger partial charge >= 0.3 is 35.5 Å². The molecule has 0 aromatic heterocycles. The van der Waals surface area contributed by atoms with E-state index in [2.05, 4.69) is 6.92 Å². The maximum absolute atomic E-state index is 10.4. The fourth-order valence-electron chi connectivity index (χ4n) is 2.22. The van der Waals surface area contributed by atoms with Gasteiger partial charge in [0.05, 0.1) is 6.42 Å². The molecule has 0 aromatic rings. The van der Waals surface area contributed by atoms with Gasteiger partial charge in [0, 0.05) is 6.04 Å². The second kappa shape index (κ2) is 16.5. The first-order valence-electron chi connectivity index (χ1n) is 7.64. The third-order valence-electron chi connectivity index (χ3n) is 3.37. The van der Waals surface area contributed by atoms with Crippen molar-refractivity contribution in [3.8, 4) is 0 Å². The van der Waals surface area contributed by atoms with E-state index in [1.54, 1.807) is 0 Å². The van der Waals surface area contributed by atoms with Crippen molar-refractivity contribution in [2.24, 2.45) is 5.73 Å². The second-order valence-electron chi connectivity index (χ2n) is 5.33. The van der Waals surface area contributed by atoms with Gasteiger partial charge in [0.25, 0.3) is 0 Å². The van der Waals surface area contributed by atoms with Gasteiger partial charge in [0.2, 0.25) is 0 Å². The first-order chi connectivity index (χ1) is 8.66. The van der Waals surface area contributed by atoms with Gasteiger partial charge in [-0.1, -0.05) is 71.1 Å². The number of rotatable bonds is 13. The molecular weight excluding hydrogens is 249 g/mol. The van der Waals surface area contributed by atoms with E-state index < -0.39 is 5.97 Å². The van der Waals surface area contributed by atoms with Gasteiger partial charge in [0.1, 0.15) is 0 Å². The van der Waals surface area contributed by atoms with Crippen LogP contribution in [0.25, 0.3) is 0 Å². The third-order valence-corrected chi connectivity index (χ3v) is 3.37. The maximum atomic E-state index is 10.4. The smallest absolute Gasteiger partial charge is 1.00 e. The molecule has 0 heterocycles. The largest absolute Gasteiger partial charge is 1.00 e. The van der Waals surface area contributed by atoms with Gasteiger partial charge in [-0.15, -0.1) is 0 Å². The number of carbonyl (C=O) groups is 1. The molecule has 3 N–H and O–H groups in total. The van der Waals surface area contributed by atoms with E-state index in [4.69, 9.17) is 10.8 Å². The second-order valence-corrected chi connectivity index (χ2v) is 5.33. The van der Waals surface area contributed by atoms with E-state index in [9.17, 15) is 4.79 Å². The first-order valence-corrected chi connectivity index (χ1v) is 7.64. The Morgan fingerprint density at radius 2 is 1.42 bits per heavy atom. The minimum absolute atomic E-state index is 0. The first kappa shape index (κ1) is 21.7. The van der Waals surface area contributed by atoms with Gasteiger partial charge in [-0.25, -0.2) is 0 Å². The monoisotopic (exact) mass is 281 g/mol. The molecule has 1 atom stereocenters. The van der Waals surface area contributed by atoms with Crippen LogP contribution in [0.15, 0.2) is 0 Å². The van der Waals surface area contributed by atoms with Crippen LogP contribution >= 0.6 is 0 Å². The van der Waals surface area contributed by atoms with Gasteiger partial charge in [-0.3, -0.25) is 4.79 Å². The van der Waals surface area contributed by atoms with Crippen molar-refractivity contribution in [2.75, 3.05) is 0 Å². The van der Waals surface area contributed by atoms with E-state index in [1.165, 1.54) is 57.8 Å². The minimum Gasteiger partial charge on any atom is -1.00 e. The maximum Gasteiger partial charge on any atom is 1.00 e. The molecule has 0 bridgehead atoms. The fraction of sp³-hybridized carbons (Fsp3) is 0.933. The molecule has 0 rings (SSSR count). The summed E-state index contributed by atoms with van der Waals surface area (Å²) in [6.45, 7) is 2.25. The normalized spacial score (nSPS) is 11.9. The van der Waals surface area contributed by atoms with Crippen molar-refractivity contribution < 1.29 is 40.9 Å². The summed E-state index contributed by atoms with van der Waals surface area (Å²) in [6.07, 6.45) is 14.0. The van der Waals surface area contributed by atoms with Crippen molar-refractivity contribution in [3.05, 3.63) is 0 Å². The average molecular weight is 281 g/mol. The van der Waals surface area contributed by atoms with Crippen molar-refractivity contribution in [1.82, 2.24) is 0 Å².